The Morgan fingerprint density at radius 2 is 1.45 bits per heavy atom. The lowest BCUT2D eigenvalue weighted by atomic mass is 10.0. The quantitative estimate of drug-likeness (QED) is 0.169. The van der Waals surface area contributed by atoms with Crippen LogP contribution >= 0.6 is 0 Å². The first kappa shape index (κ1) is 30.5. The lowest BCUT2D eigenvalue weighted by Crippen LogP contribution is -2.57. The number of hydrogen-bond acceptors (Lipinski definition) is 5. The van der Waals surface area contributed by atoms with Crippen molar-refractivity contribution in [2.75, 3.05) is 6.54 Å². The number of hydrogen-bond donors (Lipinski definition) is 5. The number of aromatic amines is 1. The van der Waals surface area contributed by atoms with Crippen molar-refractivity contribution in [2.45, 2.75) is 56.3 Å². The number of fused-ring (bicyclic) bond motifs is 1. The first-order valence-corrected chi connectivity index (χ1v) is 14.8. The van der Waals surface area contributed by atoms with Gasteiger partial charge in [0.15, 0.2) is 0 Å². The molecule has 10 nitrogen and oxygen atoms in total. The number of H-pyrrole nitrogens is 1. The van der Waals surface area contributed by atoms with Crippen LogP contribution in [-0.4, -0.2) is 69.4 Å². The molecule has 6 N–H and O–H groups in total. The second-order valence-corrected chi connectivity index (χ2v) is 11.2. The van der Waals surface area contributed by atoms with Crippen molar-refractivity contribution in [1.82, 2.24) is 20.5 Å². The lowest BCUT2D eigenvalue weighted by molar-refractivity contribution is -0.144. The molecule has 4 aromatic rings. The van der Waals surface area contributed by atoms with Crippen LogP contribution in [-0.2, 0) is 38.4 Å². The van der Waals surface area contributed by atoms with Gasteiger partial charge in [0, 0.05) is 36.5 Å². The van der Waals surface area contributed by atoms with Gasteiger partial charge in [0.1, 0.15) is 18.1 Å². The van der Waals surface area contributed by atoms with Crippen LogP contribution in [0, 0.1) is 0 Å². The van der Waals surface area contributed by atoms with Gasteiger partial charge in [0.25, 0.3) is 0 Å². The predicted octanol–water partition coefficient (Wildman–Crippen LogP) is 2.57. The van der Waals surface area contributed by atoms with Gasteiger partial charge in [0.2, 0.25) is 17.7 Å². The second-order valence-electron chi connectivity index (χ2n) is 11.2. The minimum atomic E-state index is -1.16. The van der Waals surface area contributed by atoms with Crippen LogP contribution in [0.4, 0.5) is 0 Å². The van der Waals surface area contributed by atoms with Gasteiger partial charge >= 0.3 is 5.97 Å². The molecule has 1 aliphatic heterocycles. The van der Waals surface area contributed by atoms with Gasteiger partial charge in [-0.05, 0) is 42.0 Å². The molecule has 1 fully saturated rings. The summed E-state index contributed by atoms with van der Waals surface area (Å²) in [7, 11) is 0. The standard InChI is InChI=1S/C34H37N5O5/c35-26(20-24-21-36-27-15-8-7-14-25(24)27)31(40)37-28(18-22-10-3-1-4-11-22)33(42)39-17-9-16-30(39)32(41)38-29(34(43)44)19-23-12-5-2-6-13-23/h1-8,10-15,21,26,28-30,36H,9,16-20,35H2,(H,37,40)(H,38,41)(H,43,44). The SMILES string of the molecule is NC(Cc1c[nH]c2ccccc12)C(=O)NC(Cc1ccccc1)C(=O)N1CCCC1C(=O)NC(Cc1ccccc1)C(=O)O. The van der Waals surface area contributed by atoms with Crippen LogP contribution in [0.2, 0.25) is 0 Å². The number of para-hydroxylation sites is 1. The highest BCUT2D eigenvalue weighted by Gasteiger charge is 2.39. The van der Waals surface area contributed by atoms with E-state index in [4.69, 9.17) is 5.73 Å². The van der Waals surface area contributed by atoms with Crippen molar-refractivity contribution < 1.29 is 24.3 Å². The number of aliphatic carboxylic acids is 1. The van der Waals surface area contributed by atoms with E-state index in [1.165, 1.54) is 4.90 Å². The smallest absolute Gasteiger partial charge is 0.326 e. The Hall–Kier alpha value is -4.96. The Bertz CT molecular complexity index is 1610. The summed E-state index contributed by atoms with van der Waals surface area (Å²) in [5.74, 6) is -2.57. The minimum absolute atomic E-state index is 0.115. The Morgan fingerprint density at radius 1 is 0.841 bits per heavy atom. The number of carbonyl (C=O) groups excluding carboxylic acids is 3. The van der Waals surface area contributed by atoms with Gasteiger partial charge in [-0.15, -0.1) is 0 Å². The molecule has 44 heavy (non-hydrogen) atoms. The molecule has 1 saturated heterocycles. The Kier molecular flexibility index (Phi) is 9.71. The molecule has 5 rings (SSSR count). The average molecular weight is 596 g/mol. The van der Waals surface area contributed by atoms with Crippen LogP contribution in [0.5, 0.6) is 0 Å². The van der Waals surface area contributed by atoms with Gasteiger partial charge in [-0.1, -0.05) is 78.9 Å². The molecule has 3 aromatic carbocycles. The Labute approximate surface area is 255 Å². The second kappa shape index (κ2) is 14.0. The maximum absolute atomic E-state index is 14.0. The fraction of sp³-hybridized carbons (Fsp3) is 0.294. The number of amides is 3. The van der Waals surface area contributed by atoms with Crippen molar-refractivity contribution in [3.8, 4) is 0 Å². The summed E-state index contributed by atoms with van der Waals surface area (Å²) in [4.78, 5) is 57.4. The maximum atomic E-state index is 14.0. The van der Waals surface area contributed by atoms with Gasteiger partial charge in [-0.2, -0.15) is 0 Å². The van der Waals surface area contributed by atoms with Crippen molar-refractivity contribution >= 4 is 34.6 Å². The highest BCUT2D eigenvalue weighted by atomic mass is 16.4. The number of carbonyl (C=O) groups is 4. The largest absolute Gasteiger partial charge is 0.480 e. The first-order valence-electron chi connectivity index (χ1n) is 14.8. The Morgan fingerprint density at radius 3 is 2.11 bits per heavy atom. The molecule has 0 aliphatic carbocycles. The number of aromatic nitrogens is 1. The van der Waals surface area contributed by atoms with E-state index in [-0.39, 0.29) is 19.3 Å². The van der Waals surface area contributed by atoms with E-state index >= 15 is 0 Å². The van der Waals surface area contributed by atoms with Crippen LogP contribution in [0.15, 0.2) is 91.1 Å². The number of carboxylic acids is 1. The predicted molar refractivity (Wildman–Crippen MR) is 167 cm³/mol. The molecule has 3 amide bonds. The number of likely N-dealkylation sites (tertiary alicyclic amines) is 1. The summed E-state index contributed by atoms with van der Waals surface area (Å²) >= 11 is 0. The van der Waals surface area contributed by atoms with Crippen LogP contribution < -0.4 is 16.4 Å². The minimum Gasteiger partial charge on any atom is -0.480 e. The third kappa shape index (κ3) is 7.33. The monoisotopic (exact) mass is 595 g/mol. The molecule has 4 atom stereocenters. The summed E-state index contributed by atoms with van der Waals surface area (Å²) in [6, 6.07) is 22.2. The van der Waals surface area contributed by atoms with E-state index < -0.39 is 47.9 Å². The zero-order valence-corrected chi connectivity index (χ0v) is 24.3. The molecule has 0 bridgehead atoms. The maximum Gasteiger partial charge on any atom is 0.326 e. The van der Waals surface area contributed by atoms with Gasteiger partial charge in [-0.3, -0.25) is 14.4 Å². The molecule has 10 heteroatoms. The van der Waals surface area contributed by atoms with Crippen molar-refractivity contribution in [3.63, 3.8) is 0 Å². The van der Waals surface area contributed by atoms with Crippen molar-refractivity contribution in [3.05, 3.63) is 108 Å². The zero-order valence-electron chi connectivity index (χ0n) is 24.3. The molecule has 4 unspecified atom stereocenters. The topological polar surface area (TPSA) is 158 Å². The van der Waals surface area contributed by atoms with Gasteiger partial charge < -0.3 is 31.4 Å². The van der Waals surface area contributed by atoms with E-state index in [1.54, 1.807) is 24.3 Å². The third-order valence-corrected chi connectivity index (χ3v) is 8.08. The number of nitrogens with one attached hydrogen (secondary N) is 3. The molecule has 0 spiro atoms. The summed E-state index contributed by atoms with van der Waals surface area (Å²) in [5.41, 5.74) is 9.80. The fourth-order valence-electron chi connectivity index (χ4n) is 5.78. The van der Waals surface area contributed by atoms with E-state index in [0.717, 1.165) is 27.6 Å². The first-order chi connectivity index (χ1) is 21.3. The highest BCUT2D eigenvalue weighted by Crippen LogP contribution is 2.21. The molecule has 228 valence electrons. The number of carboxylic acid groups (broad SMARTS) is 1. The molecular weight excluding hydrogens is 558 g/mol. The highest BCUT2D eigenvalue weighted by molar-refractivity contribution is 5.95. The molecule has 1 aromatic heterocycles. The normalized spacial score (nSPS) is 16.7. The molecule has 2 heterocycles. The number of nitrogens with two attached hydrogens (primary N) is 1. The third-order valence-electron chi connectivity index (χ3n) is 8.08. The zero-order chi connectivity index (χ0) is 31.1. The van der Waals surface area contributed by atoms with Crippen LogP contribution in [0.1, 0.15) is 29.5 Å². The lowest BCUT2D eigenvalue weighted by Gasteiger charge is -2.30. The molecule has 0 radical (unpaired) electrons. The van der Waals surface area contributed by atoms with Gasteiger partial charge in [0.05, 0.1) is 6.04 Å². The van der Waals surface area contributed by atoms with Crippen molar-refractivity contribution in [2.24, 2.45) is 5.73 Å². The van der Waals surface area contributed by atoms with Crippen LogP contribution in [0.25, 0.3) is 10.9 Å². The van der Waals surface area contributed by atoms with Crippen molar-refractivity contribution in [1.29, 1.82) is 0 Å². The summed E-state index contributed by atoms with van der Waals surface area (Å²) in [5, 5.41) is 16.3. The Balaban J connectivity index is 1.30. The van der Waals surface area contributed by atoms with Crippen LogP contribution in [0.3, 0.4) is 0 Å². The van der Waals surface area contributed by atoms with E-state index in [1.807, 2.05) is 66.9 Å². The summed E-state index contributed by atoms with van der Waals surface area (Å²) in [6.45, 7) is 0.315. The van der Waals surface area contributed by atoms with Gasteiger partial charge in [-0.25, -0.2) is 4.79 Å². The summed E-state index contributed by atoms with van der Waals surface area (Å²) < 4.78 is 0. The van der Waals surface area contributed by atoms with E-state index in [0.29, 0.717) is 19.4 Å². The number of benzene rings is 3. The number of nitrogens with zero attached hydrogens (tertiary/aromatic N) is 1. The summed E-state index contributed by atoms with van der Waals surface area (Å²) in [6.07, 6.45) is 3.40. The average Bonchev–Trinajstić information content (AvgIpc) is 3.69. The molecular formula is C34H37N5O5. The van der Waals surface area contributed by atoms with E-state index in [9.17, 15) is 24.3 Å². The fourth-order valence-corrected chi connectivity index (χ4v) is 5.78. The number of rotatable bonds is 12. The molecule has 0 saturated carbocycles. The molecule has 1 aliphatic rings. The van der Waals surface area contributed by atoms with E-state index in [2.05, 4.69) is 15.6 Å².